The summed E-state index contributed by atoms with van der Waals surface area (Å²) in [5, 5.41) is 8.75. The van der Waals surface area contributed by atoms with E-state index in [0.29, 0.717) is 16.8 Å². The van der Waals surface area contributed by atoms with Crippen LogP contribution in [0.25, 0.3) is 17.1 Å². The first-order valence-corrected chi connectivity index (χ1v) is 10.1. The fourth-order valence-electron chi connectivity index (χ4n) is 3.64. The highest BCUT2D eigenvalue weighted by Crippen LogP contribution is 2.37. The van der Waals surface area contributed by atoms with E-state index in [-0.39, 0.29) is 11.9 Å². The van der Waals surface area contributed by atoms with E-state index in [0.717, 1.165) is 28.1 Å². The van der Waals surface area contributed by atoms with Crippen LogP contribution >= 0.6 is 11.6 Å². The highest BCUT2D eigenvalue weighted by Gasteiger charge is 2.27. The number of hydrogen-bond acceptors (Lipinski definition) is 4. The molecule has 0 saturated carbocycles. The predicted octanol–water partition coefficient (Wildman–Crippen LogP) is 5.80. The van der Waals surface area contributed by atoms with Crippen molar-refractivity contribution in [3.63, 3.8) is 0 Å². The van der Waals surface area contributed by atoms with Crippen molar-refractivity contribution in [1.29, 1.82) is 0 Å². The SMILES string of the molecule is COc1ccccc1[C@@H]1C=C(c2ccc(F)cc2)Nc2nc(-c3ccc(Cl)cc3)nn21. The summed E-state index contributed by atoms with van der Waals surface area (Å²) in [6.45, 7) is 0. The molecule has 0 aliphatic carbocycles. The van der Waals surface area contributed by atoms with Gasteiger partial charge in [-0.1, -0.05) is 29.8 Å². The summed E-state index contributed by atoms with van der Waals surface area (Å²) in [5.74, 6) is 1.63. The van der Waals surface area contributed by atoms with E-state index in [1.807, 2.05) is 59.3 Å². The normalized spacial score (nSPS) is 15.1. The van der Waals surface area contributed by atoms with Gasteiger partial charge in [-0.2, -0.15) is 4.98 Å². The fourth-order valence-corrected chi connectivity index (χ4v) is 3.77. The Morgan fingerprint density at radius 1 is 0.968 bits per heavy atom. The van der Waals surface area contributed by atoms with Crippen LogP contribution in [0.1, 0.15) is 17.2 Å². The van der Waals surface area contributed by atoms with E-state index in [4.69, 9.17) is 26.4 Å². The maximum atomic E-state index is 13.5. The average molecular weight is 433 g/mol. The Morgan fingerprint density at radius 3 is 2.42 bits per heavy atom. The Balaban J connectivity index is 1.64. The van der Waals surface area contributed by atoms with Gasteiger partial charge in [-0.25, -0.2) is 9.07 Å². The van der Waals surface area contributed by atoms with Crippen LogP contribution in [0.4, 0.5) is 10.3 Å². The van der Waals surface area contributed by atoms with Gasteiger partial charge >= 0.3 is 0 Å². The van der Waals surface area contributed by atoms with Gasteiger partial charge in [0.1, 0.15) is 17.6 Å². The molecule has 0 saturated heterocycles. The van der Waals surface area contributed by atoms with Crippen LogP contribution < -0.4 is 10.1 Å². The molecule has 0 fully saturated rings. The Hall–Kier alpha value is -3.64. The molecule has 154 valence electrons. The molecule has 0 radical (unpaired) electrons. The number of nitrogens with zero attached hydrogens (tertiary/aromatic N) is 3. The van der Waals surface area contributed by atoms with E-state index in [1.165, 1.54) is 12.1 Å². The number of rotatable bonds is 4. The van der Waals surface area contributed by atoms with Gasteiger partial charge in [0.15, 0.2) is 5.82 Å². The molecule has 0 spiro atoms. The lowest BCUT2D eigenvalue weighted by atomic mass is 10.0. The zero-order valence-corrected chi connectivity index (χ0v) is 17.3. The number of para-hydroxylation sites is 1. The lowest BCUT2D eigenvalue weighted by molar-refractivity contribution is 0.404. The largest absolute Gasteiger partial charge is 0.496 e. The first-order chi connectivity index (χ1) is 15.1. The van der Waals surface area contributed by atoms with Crippen LogP contribution in [-0.2, 0) is 0 Å². The summed E-state index contributed by atoms with van der Waals surface area (Å²) in [4.78, 5) is 4.72. The number of nitrogens with one attached hydrogen (secondary N) is 1. The van der Waals surface area contributed by atoms with Crippen LogP contribution in [-0.4, -0.2) is 21.9 Å². The van der Waals surface area contributed by atoms with Crippen molar-refractivity contribution in [2.45, 2.75) is 6.04 Å². The summed E-state index contributed by atoms with van der Waals surface area (Å²) in [7, 11) is 1.64. The molecule has 1 aliphatic rings. The summed E-state index contributed by atoms with van der Waals surface area (Å²) < 4.78 is 20.9. The van der Waals surface area contributed by atoms with E-state index in [2.05, 4.69) is 5.32 Å². The van der Waals surface area contributed by atoms with Crippen molar-refractivity contribution >= 4 is 23.2 Å². The maximum Gasteiger partial charge on any atom is 0.227 e. The molecule has 0 unspecified atom stereocenters. The zero-order valence-electron chi connectivity index (χ0n) is 16.6. The van der Waals surface area contributed by atoms with Crippen molar-refractivity contribution in [2.75, 3.05) is 12.4 Å². The molecule has 0 bridgehead atoms. The van der Waals surface area contributed by atoms with Crippen LogP contribution in [0.2, 0.25) is 5.02 Å². The molecule has 31 heavy (non-hydrogen) atoms. The molecule has 5 rings (SSSR count). The lowest BCUT2D eigenvalue weighted by Crippen LogP contribution is -2.20. The summed E-state index contributed by atoms with van der Waals surface area (Å²) in [6, 6.07) is 21.3. The molecule has 1 N–H and O–H groups in total. The predicted molar refractivity (Wildman–Crippen MR) is 120 cm³/mol. The molecular formula is C24H18ClFN4O. The summed E-state index contributed by atoms with van der Waals surface area (Å²) >= 11 is 6.03. The third kappa shape index (κ3) is 3.66. The van der Waals surface area contributed by atoms with Crippen LogP contribution in [0.5, 0.6) is 5.75 Å². The van der Waals surface area contributed by atoms with Crippen LogP contribution in [0.15, 0.2) is 78.9 Å². The number of aromatic nitrogens is 3. The molecule has 4 aromatic rings. The number of hydrogen-bond donors (Lipinski definition) is 1. The Kier molecular flexibility index (Phi) is 4.92. The second-order valence-corrected chi connectivity index (χ2v) is 7.55. The minimum absolute atomic E-state index is 0.263. The molecule has 5 nitrogen and oxygen atoms in total. The van der Waals surface area contributed by atoms with E-state index in [9.17, 15) is 4.39 Å². The van der Waals surface area contributed by atoms with Crippen molar-refractivity contribution in [3.05, 3.63) is 101 Å². The first kappa shape index (κ1) is 19.3. The third-order valence-corrected chi connectivity index (χ3v) is 5.43. The average Bonchev–Trinajstić information content (AvgIpc) is 3.23. The van der Waals surface area contributed by atoms with Gasteiger partial charge in [0.2, 0.25) is 5.95 Å². The quantitative estimate of drug-likeness (QED) is 0.442. The second-order valence-electron chi connectivity index (χ2n) is 7.11. The van der Waals surface area contributed by atoms with Crippen molar-refractivity contribution in [3.8, 4) is 17.1 Å². The zero-order chi connectivity index (χ0) is 21.4. The summed E-state index contributed by atoms with van der Waals surface area (Å²) in [6.07, 6.45) is 2.04. The van der Waals surface area contributed by atoms with E-state index >= 15 is 0 Å². The molecular weight excluding hydrogens is 415 g/mol. The third-order valence-electron chi connectivity index (χ3n) is 5.18. The number of fused-ring (bicyclic) bond motifs is 1. The van der Waals surface area contributed by atoms with E-state index < -0.39 is 0 Å². The highest BCUT2D eigenvalue weighted by molar-refractivity contribution is 6.30. The van der Waals surface area contributed by atoms with Gasteiger partial charge in [-0.05, 0) is 66.2 Å². The molecule has 1 aromatic heterocycles. The van der Waals surface area contributed by atoms with Gasteiger partial charge in [0.05, 0.1) is 7.11 Å². The number of methoxy groups -OCH3 is 1. The fraction of sp³-hybridized carbons (Fsp3) is 0.0833. The monoisotopic (exact) mass is 432 g/mol. The standard InChI is InChI=1S/C24H18ClFN4O/c1-31-22-5-3-2-4-19(22)21-14-20(15-8-12-18(26)13-9-15)27-24-28-23(29-30(21)24)16-6-10-17(25)11-7-16/h2-14,21H,1H3,(H,27,28,29)/t21-/m0/s1. The summed E-state index contributed by atoms with van der Waals surface area (Å²) in [5.41, 5.74) is 3.47. The topological polar surface area (TPSA) is 52.0 Å². The van der Waals surface area contributed by atoms with Gasteiger partial charge < -0.3 is 10.1 Å². The highest BCUT2D eigenvalue weighted by atomic mass is 35.5. The van der Waals surface area contributed by atoms with Crippen molar-refractivity contribution < 1.29 is 9.13 Å². The molecule has 0 amide bonds. The van der Waals surface area contributed by atoms with Gasteiger partial charge in [-0.3, -0.25) is 0 Å². The molecule has 1 aliphatic heterocycles. The first-order valence-electron chi connectivity index (χ1n) is 9.72. The van der Waals surface area contributed by atoms with E-state index in [1.54, 1.807) is 19.2 Å². The number of anilines is 1. The number of halogens is 2. The minimum atomic E-state index is -0.283. The Labute approximate surface area is 183 Å². The smallest absolute Gasteiger partial charge is 0.227 e. The van der Waals surface area contributed by atoms with Crippen molar-refractivity contribution in [1.82, 2.24) is 14.8 Å². The second kappa shape index (κ2) is 7.89. The minimum Gasteiger partial charge on any atom is -0.496 e. The Bertz CT molecular complexity index is 1270. The lowest BCUT2D eigenvalue weighted by Gasteiger charge is -2.25. The van der Waals surface area contributed by atoms with Gasteiger partial charge in [0, 0.05) is 21.8 Å². The van der Waals surface area contributed by atoms with Crippen LogP contribution in [0, 0.1) is 5.82 Å². The molecule has 7 heteroatoms. The van der Waals surface area contributed by atoms with Gasteiger partial charge in [-0.15, -0.1) is 5.10 Å². The maximum absolute atomic E-state index is 13.5. The van der Waals surface area contributed by atoms with Gasteiger partial charge in [0.25, 0.3) is 0 Å². The Morgan fingerprint density at radius 2 is 1.68 bits per heavy atom. The number of ether oxygens (including phenoxy) is 1. The molecule has 1 atom stereocenters. The number of benzene rings is 3. The van der Waals surface area contributed by atoms with Crippen molar-refractivity contribution in [2.24, 2.45) is 0 Å². The molecule has 2 heterocycles. The molecule has 3 aromatic carbocycles. The number of allylic oxidation sites excluding steroid dienone is 1. The van der Waals surface area contributed by atoms with Crippen LogP contribution in [0.3, 0.4) is 0 Å².